The van der Waals surface area contributed by atoms with Gasteiger partial charge in [-0.1, -0.05) is 47.5 Å². The molecule has 6 nitrogen and oxygen atoms in total. The van der Waals surface area contributed by atoms with Crippen LogP contribution in [0.2, 0.25) is 0 Å². The Balaban J connectivity index is 2.26. The monoisotopic (exact) mass is 424 g/mol. The van der Waals surface area contributed by atoms with Crippen molar-refractivity contribution in [1.29, 1.82) is 0 Å². The molecular weight excluding hydrogens is 380 g/mol. The molecule has 2 rings (SSSR count). The highest BCUT2D eigenvalue weighted by atomic mass is 16.5. The predicted octanol–water partition coefficient (Wildman–Crippen LogP) is 4.42. The topological polar surface area (TPSA) is 59.1 Å². The van der Waals surface area contributed by atoms with Gasteiger partial charge in [-0.2, -0.15) is 0 Å². The molecule has 0 N–H and O–H groups in total. The van der Waals surface area contributed by atoms with Gasteiger partial charge in [0.05, 0.1) is 25.3 Å². The number of nitrogens with zero attached hydrogens (tertiary/aromatic N) is 2. The minimum absolute atomic E-state index is 0.0182. The molecular formula is C24H44N2O4. The third kappa shape index (κ3) is 5.18. The van der Waals surface area contributed by atoms with Crippen LogP contribution in [0.25, 0.3) is 0 Å². The maximum Gasteiger partial charge on any atom is 0.228 e. The van der Waals surface area contributed by atoms with Crippen LogP contribution in [0, 0.1) is 17.8 Å². The van der Waals surface area contributed by atoms with Crippen molar-refractivity contribution in [3.63, 3.8) is 0 Å². The molecule has 2 saturated heterocycles. The summed E-state index contributed by atoms with van der Waals surface area (Å²) in [4.78, 5) is 31.0. The second kappa shape index (κ2) is 9.56. The fraction of sp³-hybridized carbons (Fsp3) is 0.917. The number of carbonyl (C=O) groups excluding carboxylic acids is 2. The molecule has 2 amide bonds. The van der Waals surface area contributed by atoms with Crippen LogP contribution in [-0.4, -0.2) is 58.4 Å². The van der Waals surface area contributed by atoms with Crippen LogP contribution in [0.1, 0.15) is 88.0 Å². The van der Waals surface area contributed by atoms with Gasteiger partial charge in [-0.15, -0.1) is 0 Å². The first-order chi connectivity index (χ1) is 13.8. The highest BCUT2D eigenvalue weighted by molar-refractivity contribution is 5.87. The largest absolute Gasteiger partial charge is 0.354 e. The minimum atomic E-state index is -0.643. The predicted molar refractivity (Wildman–Crippen MR) is 119 cm³/mol. The molecule has 0 saturated carbocycles. The van der Waals surface area contributed by atoms with Crippen molar-refractivity contribution in [2.75, 3.05) is 13.2 Å². The number of unbranched alkanes of at least 4 members (excludes halogenated alkanes) is 1. The average molecular weight is 425 g/mol. The van der Waals surface area contributed by atoms with Gasteiger partial charge >= 0.3 is 0 Å². The van der Waals surface area contributed by atoms with Gasteiger partial charge in [-0.3, -0.25) is 9.59 Å². The van der Waals surface area contributed by atoms with E-state index in [9.17, 15) is 9.59 Å². The summed E-state index contributed by atoms with van der Waals surface area (Å²) in [5, 5.41) is 0. The van der Waals surface area contributed by atoms with E-state index >= 15 is 0 Å². The average Bonchev–Trinajstić information content (AvgIpc) is 3.13. The molecule has 2 aliphatic rings. The lowest BCUT2D eigenvalue weighted by molar-refractivity contribution is -0.158. The lowest BCUT2D eigenvalue weighted by atomic mass is 9.92. The summed E-state index contributed by atoms with van der Waals surface area (Å²) in [5.74, 6) is 0.344. The highest BCUT2D eigenvalue weighted by Crippen LogP contribution is 2.36. The van der Waals surface area contributed by atoms with Crippen LogP contribution in [-0.2, 0) is 19.1 Å². The molecule has 0 aromatic rings. The van der Waals surface area contributed by atoms with E-state index in [0.717, 1.165) is 19.3 Å². The van der Waals surface area contributed by atoms with E-state index in [0.29, 0.717) is 25.0 Å². The Morgan fingerprint density at radius 1 is 0.900 bits per heavy atom. The Labute approximate surface area is 183 Å². The first-order valence-electron chi connectivity index (χ1n) is 11.8. The smallest absolute Gasteiger partial charge is 0.228 e. The molecule has 2 fully saturated rings. The lowest BCUT2D eigenvalue weighted by Crippen LogP contribution is -2.54. The third-order valence-electron chi connectivity index (χ3n) is 6.76. The Morgan fingerprint density at radius 2 is 1.37 bits per heavy atom. The van der Waals surface area contributed by atoms with Crippen LogP contribution >= 0.6 is 0 Å². The molecule has 30 heavy (non-hydrogen) atoms. The zero-order chi connectivity index (χ0) is 22.9. The molecule has 0 unspecified atom stereocenters. The number of carbonyl (C=O) groups is 2. The van der Waals surface area contributed by atoms with E-state index in [4.69, 9.17) is 9.47 Å². The minimum Gasteiger partial charge on any atom is -0.354 e. The Bertz CT molecular complexity index is 614. The van der Waals surface area contributed by atoms with Gasteiger partial charge < -0.3 is 19.3 Å². The van der Waals surface area contributed by atoms with Gasteiger partial charge in [0.25, 0.3) is 0 Å². The maximum absolute atomic E-state index is 13.8. The van der Waals surface area contributed by atoms with E-state index < -0.39 is 11.4 Å². The molecule has 0 spiro atoms. The summed E-state index contributed by atoms with van der Waals surface area (Å²) in [6, 6.07) is 0.0890. The molecule has 0 radical (unpaired) electrons. The van der Waals surface area contributed by atoms with E-state index in [1.165, 1.54) is 0 Å². The number of rotatable bonds is 8. The number of ether oxygens (including phenoxy) is 2. The lowest BCUT2D eigenvalue weighted by Gasteiger charge is -2.39. The third-order valence-corrected chi connectivity index (χ3v) is 6.76. The summed E-state index contributed by atoms with van der Waals surface area (Å²) in [6.45, 7) is 19.5. The molecule has 0 bridgehead atoms. The number of hydrogen-bond donors (Lipinski definition) is 0. The second-order valence-electron chi connectivity index (χ2n) is 10.7. The Morgan fingerprint density at radius 3 is 1.83 bits per heavy atom. The van der Waals surface area contributed by atoms with Crippen molar-refractivity contribution in [2.24, 2.45) is 17.8 Å². The van der Waals surface area contributed by atoms with Crippen molar-refractivity contribution in [1.82, 2.24) is 9.80 Å². The van der Waals surface area contributed by atoms with Crippen LogP contribution in [0.4, 0.5) is 0 Å². The summed E-state index contributed by atoms with van der Waals surface area (Å²) in [7, 11) is 0. The van der Waals surface area contributed by atoms with Crippen LogP contribution in [0.15, 0.2) is 0 Å². The van der Waals surface area contributed by atoms with Crippen LogP contribution in [0.3, 0.4) is 0 Å². The quantitative estimate of drug-likeness (QED) is 0.579. The van der Waals surface area contributed by atoms with Gasteiger partial charge in [-0.05, 0) is 46.0 Å². The fourth-order valence-electron chi connectivity index (χ4n) is 4.83. The van der Waals surface area contributed by atoms with Gasteiger partial charge in [0.15, 0.2) is 0 Å². The van der Waals surface area contributed by atoms with E-state index in [1.54, 1.807) is 0 Å². The van der Waals surface area contributed by atoms with Crippen LogP contribution < -0.4 is 0 Å². The molecule has 3 atom stereocenters. The van der Waals surface area contributed by atoms with Crippen molar-refractivity contribution in [3.8, 4) is 0 Å². The second-order valence-corrected chi connectivity index (χ2v) is 10.7. The maximum atomic E-state index is 13.8. The Kier molecular flexibility index (Phi) is 8.00. The Hall–Kier alpha value is -1.14. The first kappa shape index (κ1) is 25.1. The van der Waals surface area contributed by atoms with Gasteiger partial charge in [0.1, 0.15) is 11.4 Å². The summed E-state index contributed by atoms with van der Waals surface area (Å²) in [6.07, 6.45) is 2.88. The zero-order valence-electron chi connectivity index (χ0n) is 20.7. The van der Waals surface area contributed by atoms with Crippen molar-refractivity contribution in [3.05, 3.63) is 0 Å². The summed E-state index contributed by atoms with van der Waals surface area (Å²) >= 11 is 0. The molecule has 6 heteroatoms. The fourth-order valence-corrected chi connectivity index (χ4v) is 4.83. The van der Waals surface area contributed by atoms with Gasteiger partial charge in [-0.25, -0.2) is 0 Å². The van der Waals surface area contributed by atoms with E-state index in [-0.39, 0.29) is 36.2 Å². The number of amides is 2. The SMILES string of the molecule is CCCC[C@@H](CC(=O)N1[C@@H](C(C)C)COC1(C)C)C(=O)N1[C@@H](C(C)C)COC1(C)C. The summed E-state index contributed by atoms with van der Waals surface area (Å²) < 4.78 is 11.9. The molecule has 174 valence electrons. The molecule has 0 aromatic carbocycles. The van der Waals surface area contributed by atoms with Gasteiger partial charge in [0.2, 0.25) is 11.8 Å². The molecule has 2 heterocycles. The normalized spacial score (nSPS) is 26.6. The van der Waals surface area contributed by atoms with Crippen molar-refractivity contribution in [2.45, 2.75) is 112 Å². The number of hydrogen-bond acceptors (Lipinski definition) is 4. The van der Waals surface area contributed by atoms with Crippen LogP contribution in [0.5, 0.6) is 0 Å². The zero-order valence-corrected chi connectivity index (χ0v) is 20.7. The standard InChI is InChI=1S/C24H44N2O4/c1-10-11-12-18(22(28)26-20(17(4)5)15-30-24(26,8)9)13-21(27)25-19(16(2)3)14-29-23(25,6)7/h16-20H,10-15H2,1-9H3/t18-,19+,20+/m0/s1. The highest BCUT2D eigenvalue weighted by Gasteiger charge is 2.49. The molecule has 0 aromatic heterocycles. The molecule has 2 aliphatic heterocycles. The first-order valence-corrected chi connectivity index (χ1v) is 11.8. The summed E-state index contributed by atoms with van der Waals surface area (Å²) in [5.41, 5.74) is -1.28. The van der Waals surface area contributed by atoms with E-state index in [2.05, 4.69) is 34.6 Å². The van der Waals surface area contributed by atoms with Crippen molar-refractivity contribution < 1.29 is 19.1 Å². The van der Waals surface area contributed by atoms with Gasteiger partial charge in [0, 0.05) is 12.3 Å². The van der Waals surface area contributed by atoms with Crippen molar-refractivity contribution >= 4 is 11.8 Å². The van der Waals surface area contributed by atoms with E-state index in [1.807, 2.05) is 37.5 Å². The molecule has 0 aliphatic carbocycles.